The molecular weight excluding hydrogens is 357 g/mol. The van der Waals surface area contributed by atoms with Gasteiger partial charge in [0, 0.05) is 37.1 Å². The quantitative estimate of drug-likeness (QED) is 0.654. The summed E-state index contributed by atoms with van der Waals surface area (Å²) >= 11 is 3.10. The molecule has 1 fully saturated rings. The van der Waals surface area contributed by atoms with Crippen molar-refractivity contribution in [3.63, 3.8) is 0 Å². The number of anilines is 1. The molecule has 3 heterocycles. The van der Waals surface area contributed by atoms with E-state index >= 15 is 0 Å². The fraction of sp³-hybridized carbons (Fsp3) is 0.222. The van der Waals surface area contributed by atoms with Gasteiger partial charge in [-0.3, -0.25) is 4.79 Å². The van der Waals surface area contributed by atoms with Crippen LogP contribution in [0.15, 0.2) is 41.8 Å². The van der Waals surface area contributed by atoms with E-state index in [1.165, 1.54) is 17.4 Å². The topological polar surface area (TPSA) is 36.4 Å². The number of para-hydroxylation sites is 1. The Morgan fingerprint density at radius 1 is 1.16 bits per heavy atom. The van der Waals surface area contributed by atoms with Crippen molar-refractivity contribution < 1.29 is 9.18 Å². The molecule has 4 nitrogen and oxygen atoms in total. The molecule has 0 radical (unpaired) electrons. The molecule has 0 aliphatic carbocycles. The Hall–Kier alpha value is -2.25. The lowest BCUT2D eigenvalue weighted by molar-refractivity contribution is -0.126. The number of halogens is 1. The lowest BCUT2D eigenvalue weighted by Gasteiger charge is -2.34. The van der Waals surface area contributed by atoms with Crippen LogP contribution in [-0.4, -0.2) is 42.0 Å². The number of carbonyl (C=O) groups excluding carboxylic acids is 1. The Balaban J connectivity index is 1.40. The smallest absolute Gasteiger partial charge is 0.246 e. The molecule has 0 bridgehead atoms. The van der Waals surface area contributed by atoms with Crippen molar-refractivity contribution >= 4 is 50.0 Å². The third-order valence-electron chi connectivity index (χ3n) is 4.15. The lowest BCUT2D eigenvalue weighted by atomic mass is 10.3. The van der Waals surface area contributed by atoms with E-state index in [2.05, 4.69) is 9.88 Å². The third-order valence-corrected chi connectivity index (χ3v) is 6.07. The molecular formula is C18H16FN3OS2. The Labute approximate surface area is 152 Å². The Kier molecular flexibility index (Phi) is 4.50. The number of benzene rings is 1. The van der Waals surface area contributed by atoms with Crippen molar-refractivity contribution in [1.29, 1.82) is 0 Å². The molecule has 7 heteroatoms. The summed E-state index contributed by atoms with van der Waals surface area (Å²) in [6.07, 6.45) is 3.49. The summed E-state index contributed by atoms with van der Waals surface area (Å²) in [5.74, 6) is -0.254. The van der Waals surface area contributed by atoms with Crippen molar-refractivity contribution in [3.05, 3.63) is 52.5 Å². The van der Waals surface area contributed by atoms with Crippen LogP contribution in [0, 0.1) is 5.82 Å². The van der Waals surface area contributed by atoms with Crippen LogP contribution in [0.4, 0.5) is 9.52 Å². The molecule has 0 unspecified atom stereocenters. The number of hydrogen-bond donors (Lipinski definition) is 0. The molecule has 0 N–H and O–H groups in total. The van der Waals surface area contributed by atoms with Crippen LogP contribution < -0.4 is 4.90 Å². The summed E-state index contributed by atoms with van der Waals surface area (Å²) in [5, 5.41) is 2.81. The second kappa shape index (κ2) is 6.93. The van der Waals surface area contributed by atoms with Gasteiger partial charge in [-0.1, -0.05) is 23.5 Å². The van der Waals surface area contributed by atoms with Crippen LogP contribution in [0.1, 0.15) is 4.88 Å². The predicted octanol–water partition coefficient (Wildman–Crippen LogP) is 3.86. The normalized spacial score (nSPS) is 15.4. The van der Waals surface area contributed by atoms with Crippen molar-refractivity contribution in [3.8, 4) is 0 Å². The first kappa shape index (κ1) is 16.2. The SMILES string of the molecule is O=C(C=Cc1cccs1)N1CCN(c2nc3c(F)cccc3s2)CC1. The van der Waals surface area contributed by atoms with Gasteiger partial charge in [0.2, 0.25) is 5.91 Å². The molecule has 1 saturated heterocycles. The van der Waals surface area contributed by atoms with Crippen LogP contribution in [0.5, 0.6) is 0 Å². The zero-order chi connectivity index (χ0) is 17.2. The van der Waals surface area contributed by atoms with Crippen molar-refractivity contribution in [2.24, 2.45) is 0 Å². The molecule has 3 aromatic rings. The van der Waals surface area contributed by atoms with E-state index in [-0.39, 0.29) is 11.7 Å². The molecule has 25 heavy (non-hydrogen) atoms. The molecule has 4 rings (SSSR count). The fourth-order valence-corrected chi connectivity index (χ4v) is 4.45. The summed E-state index contributed by atoms with van der Waals surface area (Å²) in [6, 6.07) is 8.97. The number of rotatable bonds is 3. The first-order valence-corrected chi connectivity index (χ1v) is 9.71. The molecule has 1 aliphatic heterocycles. The molecule has 1 aromatic carbocycles. The van der Waals surface area contributed by atoms with Crippen LogP contribution >= 0.6 is 22.7 Å². The van der Waals surface area contributed by atoms with E-state index in [4.69, 9.17) is 0 Å². The third kappa shape index (κ3) is 3.43. The average Bonchev–Trinajstić information content (AvgIpc) is 3.30. The maximum absolute atomic E-state index is 13.8. The van der Waals surface area contributed by atoms with Crippen LogP contribution in [0.2, 0.25) is 0 Å². The highest BCUT2D eigenvalue weighted by molar-refractivity contribution is 7.22. The van der Waals surface area contributed by atoms with E-state index in [9.17, 15) is 9.18 Å². The Morgan fingerprint density at radius 3 is 2.72 bits per heavy atom. The number of piperazine rings is 1. The van der Waals surface area contributed by atoms with Gasteiger partial charge in [-0.2, -0.15) is 0 Å². The number of nitrogens with zero attached hydrogens (tertiary/aromatic N) is 3. The number of carbonyl (C=O) groups is 1. The summed E-state index contributed by atoms with van der Waals surface area (Å²) in [7, 11) is 0. The number of fused-ring (bicyclic) bond motifs is 1. The summed E-state index contributed by atoms with van der Waals surface area (Å²) in [4.78, 5) is 21.8. The van der Waals surface area contributed by atoms with E-state index in [0.717, 1.165) is 14.7 Å². The monoisotopic (exact) mass is 373 g/mol. The highest BCUT2D eigenvalue weighted by atomic mass is 32.1. The van der Waals surface area contributed by atoms with Gasteiger partial charge in [0.15, 0.2) is 5.13 Å². The van der Waals surface area contributed by atoms with Crippen molar-refractivity contribution in [2.75, 3.05) is 31.1 Å². The average molecular weight is 373 g/mol. The first-order chi connectivity index (χ1) is 12.2. The van der Waals surface area contributed by atoms with Gasteiger partial charge in [0.05, 0.1) is 4.70 Å². The fourth-order valence-electron chi connectivity index (χ4n) is 2.80. The molecule has 0 spiro atoms. The Morgan fingerprint density at radius 2 is 2.00 bits per heavy atom. The standard InChI is InChI=1S/C18H16FN3OS2/c19-14-4-1-5-15-17(14)20-18(25-15)22-10-8-21(9-11-22)16(23)7-6-13-3-2-12-24-13/h1-7,12H,8-11H2. The molecule has 1 aliphatic rings. The van der Waals surface area contributed by atoms with Gasteiger partial charge in [-0.25, -0.2) is 9.37 Å². The van der Waals surface area contributed by atoms with E-state index < -0.39 is 0 Å². The molecule has 2 aromatic heterocycles. The largest absolute Gasteiger partial charge is 0.345 e. The van der Waals surface area contributed by atoms with Gasteiger partial charge in [-0.05, 0) is 29.7 Å². The van der Waals surface area contributed by atoms with Gasteiger partial charge in [0.1, 0.15) is 11.3 Å². The highest BCUT2D eigenvalue weighted by Crippen LogP contribution is 2.30. The Bertz CT molecular complexity index is 912. The number of aromatic nitrogens is 1. The van der Waals surface area contributed by atoms with Crippen molar-refractivity contribution in [2.45, 2.75) is 0 Å². The van der Waals surface area contributed by atoms with E-state index in [1.54, 1.807) is 23.5 Å². The zero-order valence-corrected chi connectivity index (χ0v) is 15.0. The minimum atomic E-state index is -0.285. The number of thiophene rings is 1. The molecule has 1 amide bonds. The second-order valence-electron chi connectivity index (χ2n) is 5.74. The minimum Gasteiger partial charge on any atom is -0.345 e. The second-order valence-corrected chi connectivity index (χ2v) is 7.73. The highest BCUT2D eigenvalue weighted by Gasteiger charge is 2.22. The van der Waals surface area contributed by atoms with E-state index in [0.29, 0.717) is 31.7 Å². The zero-order valence-electron chi connectivity index (χ0n) is 13.4. The van der Waals surface area contributed by atoms with Gasteiger partial charge in [-0.15, -0.1) is 11.3 Å². The predicted molar refractivity (Wildman–Crippen MR) is 102 cm³/mol. The summed E-state index contributed by atoms with van der Waals surface area (Å²) in [6.45, 7) is 2.71. The van der Waals surface area contributed by atoms with Gasteiger partial charge < -0.3 is 9.80 Å². The number of hydrogen-bond acceptors (Lipinski definition) is 5. The van der Waals surface area contributed by atoms with Crippen molar-refractivity contribution in [1.82, 2.24) is 9.88 Å². The molecule has 0 saturated carbocycles. The maximum atomic E-state index is 13.8. The van der Waals surface area contributed by atoms with Crippen LogP contribution in [-0.2, 0) is 4.79 Å². The number of thiazole rings is 1. The van der Waals surface area contributed by atoms with Gasteiger partial charge >= 0.3 is 0 Å². The van der Waals surface area contributed by atoms with Crippen LogP contribution in [0.3, 0.4) is 0 Å². The lowest BCUT2D eigenvalue weighted by Crippen LogP contribution is -2.48. The maximum Gasteiger partial charge on any atom is 0.246 e. The summed E-state index contributed by atoms with van der Waals surface area (Å²) in [5.41, 5.74) is 0.430. The first-order valence-electron chi connectivity index (χ1n) is 8.01. The molecule has 128 valence electrons. The molecule has 0 atom stereocenters. The summed E-state index contributed by atoms with van der Waals surface area (Å²) < 4.78 is 14.7. The van der Waals surface area contributed by atoms with Crippen LogP contribution in [0.25, 0.3) is 16.3 Å². The minimum absolute atomic E-state index is 0.0309. The van der Waals surface area contributed by atoms with E-state index in [1.807, 2.05) is 34.6 Å². The van der Waals surface area contributed by atoms with Gasteiger partial charge in [0.25, 0.3) is 0 Å². The number of amides is 1.